The van der Waals surface area contributed by atoms with Crippen LogP contribution in [0.3, 0.4) is 0 Å². The second-order valence-electron chi connectivity index (χ2n) is 7.57. The van der Waals surface area contributed by atoms with Gasteiger partial charge in [-0.1, -0.05) is 24.3 Å². The number of benzene rings is 1. The standard InChI is InChI=1S/C22H26N4O3/c1-4-29-21(27)16-12-23-20-18(14(2)25-26(20)3)19(16)24-13-22(28)11-7-9-15-8-5-6-10-17(15)22/h5-6,8,10,12,28H,4,7,9,11,13H2,1-3H3,(H,23,24). The Morgan fingerprint density at radius 1 is 1.38 bits per heavy atom. The van der Waals surface area contributed by atoms with Crippen molar-refractivity contribution >= 4 is 22.7 Å². The molecule has 0 fully saturated rings. The van der Waals surface area contributed by atoms with E-state index in [4.69, 9.17) is 4.74 Å². The monoisotopic (exact) mass is 394 g/mol. The minimum absolute atomic E-state index is 0.277. The molecule has 29 heavy (non-hydrogen) atoms. The number of carbonyl (C=O) groups is 1. The fourth-order valence-corrected chi connectivity index (χ4v) is 4.28. The van der Waals surface area contributed by atoms with Crippen molar-refractivity contribution in [2.24, 2.45) is 7.05 Å². The third-order valence-electron chi connectivity index (χ3n) is 5.64. The normalized spacial score (nSPS) is 18.5. The lowest BCUT2D eigenvalue weighted by Gasteiger charge is -2.35. The quantitative estimate of drug-likeness (QED) is 0.647. The van der Waals surface area contributed by atoms with Crippen LogP contribution in [0.2, 0.25) is 0 Å². The van der Waals surface area contributed by atoms with Crippen molar-refractivity contribution in [3.63, 3.8) is 0 Å². The van der Waals surface area contributed by atoms with E-state index in [-0.39, 0.29) is 13.2 Å². The van der Waals surface area contributed by atoms with Crippen LogP contribution >= 0.6 is 0 Å². The highest BCUT2D eigenvalue weighted by molar-refractivity contribution is 6.05. The fourth-order valence-electron chi connectivity index (χ4n) is 4.28. The maximum Gasteiger partial charge on any atom is 0.341 e. The number of nitrogens with one attached hydrogen (secondary N) is 1. The van der Waals surface area contributed by atoms with Gasteiger partial charge in [0.25, 0.3) is 0 Å². The molecule has 7 nitrogen and oxygen atoms in total. The Labute approximate surface area is 169 Å². The van der Waals surface area contributed by atoms with Crippen molar-refractivity contribution in [2.75, 3.05) is 18.5 Å². The number of hydrogen-bond acceptors (Lipinski definition) is 6. The summed E-state index contributed by atoms with van der Waals surface area (Å²) in [6, 6.07) is 8.01. The Bertz CT molecular complexity index is 1080. The molecule has 1 aromatic carbocycles. The lowest BCUT2D eigenvalue weighted by molar-refractivity contribution is 0.0321. The molecule has 1 atom stereocenters. The maximum atomic E-state index is 12.6. The number of ether oxygens (including phenoxy) is 1. The van der Waals surface area contributed by atoms with E-state index in [2.05, 4.69) is 21.5 Å². The summed E-state index contributed by atoms with van der Waals surface area (Å²) >= 11 is 0. The Kier molecular flexibility index (Phi) is 5.00. The number of fused-ring (bicyclic) bond motifs is 2. The molecule has 2 heterocycles. The lowest BCUT2D eigenvalue weighted by Crippen LogP contribution is -2.38. The van der Waals surface area contributed by atoms with Crippen molar-refractivity contribution in [1.82, 2.24) is 14.8 Å². The first-order chi connectivity index (χ1) is 13.9. The van der Waals surface area contributed by atoms with Gasteiger partial charge in [-0.2, -0.15) is 5.10 Å². The molecule has 0 saturated heterocycles. The van der Waals surface area contributed by atoms with E-state index in [1.807, 2.05) is 32.2 Å². The van der Waals surface area contributed by atoms with Gasteiger partial charge in [-0.3, -0.25) is 4.68 Å². The summed E-state index contributed by atoms with van der Waals surface area (Å²) in [5, 5.41) is 20.0. The van der Waals surface area contributed by atoms with Crippen LogP contribution in [0.15, 0.2) is 30.5 Å². The van der Waals surface area contributed by atoms with Crippen LogP contribution in [0, 0.1) is 6.92 Å². The van der Waals surface area contributed by atoms with Crippen LogP contribution in [-0.4, -0.2) is 39.0 Å². The molecular weight excluding hydrogens is 368 g/mol. The SMILES string of the molecule is CCOC(=O)c1cnc2c(c(C)nn2C)c1NCC1(O)CCCc2ccccc21. The lowest BCUT2D eigenvalue weighted by atomic mass is 9.79. The third kappa shape index (κ3) is 3.35. The van der Waals surface area contributed by atoms with Gasteiger partial charge >= 0.3 is 5.97 Å². The van der Waals surface area contributed by atoms with E-state index < -0.39 is 11.6 Å². The summed E-state index contributed by atoms with van der Waals surface area (Å²) in [7, 11) is 1.82. The summed E-state index contributed by atoms with van der Waals surface area (Å²) in [5.41, 5.74) is 3.51. The van der Waals surface area contributed by atoms with Gasteiger partial charge in [0.15, 0.2) is 5.65 Å². The summed E-state index contributed by atoms with van der Waals surface area (Å²) in [6.07, 6.45) is 4.06. The van der Waals surface area contributed by atoms with E-state index in [0.29, 0.717) is 23.3 Å². The number of hydrogen-bond donors (Lipinski definition) is 2. The summed E-state index contributed by atoms with van der Waals surface area (Å²) in [6.45, 7) is 4.21. The molecule has 2 N–H and O–H groups in total. The molecule has 1 aliphatic rings. The van der Waals surface area contributed by atoms with Crippen LogP contribution in [0.25, 0.3) is 11.0 Å². The molecule has 4 rings (SSSR count). The molecule has 0 radical (unpaired) electrons. The van der Waals surface area contributed by atoms with Gasteiger partial charge in [-0.25, -0.2) is 9.78 Å². The van der Waals surface area contributed by atoms with Gasteiger partial charge in [0.2, 0.25) is 0 Å². The van der Waals surface area contributed by atoms with Crippen LogP contribution in [0.1, 0.15) is 46.9 Å². The molecule has 0 amide bonds. The smallest absolute Gasteiger partial charge is 0.341 e. The second-order valence-corrected chi connectivity index (χ2v) is 7.57. The van der Waals surface area contributed by atoms with Crippen LogP contribution in [0.4, 0.5) is 5.69 Å². The van der Waals surface area contributed by atoms with E-state index in [1.165, 1.54) is 11.8 Å². The summed E-state index contributed by atoms with van der Waals surface area (Å²) in [4.78, 5) is 17.0. The van der Waals surface area contributed by atoms with E-state index in [1.54, 1.807) is 11.6 Å². The number of esters is 1. The highest BCUT2D eigenvalue weighted by Gasteiger charge is 2.34. The van der Waals surface area contributed by atoms with Gasteiger partial charge in [-0.05, 0) is 44.2 Å². The number of carbonyl (C=O) groups excluding carboxylic acids is 1. The molecule has 0 spiro atoms. The van der Waals surface area contributed by atoms with E-state index in [9.17, 15) is 9.90 Å². The average Bonchev–Trinajstić information content (AvgIpc) is 3.01. The Balaban J connectivity index is 1.76. The first kappa shape index (κ1) is 19.4. The largest absolute Gasteiger partial charge is 0.462 e. The molecule has 7 heteroatoms. The minimum Gasteiger partial charge on any atom is -0.462 e. The molecule has 0 aliphatic heterocycles. The minimum atomic E-state index is -1.01. The number of nitrogens with zero attached hydrogens (tertiary/aromatic N) is 3. The predicted octanol–water partition coefficient (Wildman–Crippen LogP) is 3.09. The maximum absolute atomic E-state index is 12.6. The number of aromatic nitrogens is 3. The molecule has 1 aliphatic carbocycles. The topological polar surface area (TPSA) is 89.3 Å². The second kappa shape index (κ2) is 7.48. The van der Waals surface area contributed by atoms with Crippen molar-refractivity contribution < 1.29 is 14.6 Å². The van der Waals surface area contributed by atoms with Gasteiger partial charge in [0.05, 0.1) is 23.4 Å². The van der Waals surface area contributed by atoms with Gasteiger partial charge in [-0.15, -0.1) is 0 Å². The molecule has 0 bridgehead atoms. The van der Waals surface area contributed by atoms with Gasteiger partial charge in [0.1, 0.15) is 11.2 Å². The zero-order chi connectivity index (χ0) is 20.6. The number of anilines is 1. The van der Waals surface area contributed by atoms with Crippen molar-refractivity contribution in [1.29, 1.82) is 0 Å². The van der Waals surface area contributed by atoms with Gasteiger partial charge < -0.3 is 15.2 Å². The Morgan fingerprint density at radius 3 is 2.97 bits per heavy atom. The van der Waals surface area contributed by atoms with Crippen molar-refractivity contribution in [3.05, 3.63) is 52.8 Å². The number of aryl methyl sites for hydroxylation is 3. The van der Waals surface area contributed by atoms with Crippen LogP contribution in [0.5, 0.6) is 0 Å². The number of rotatable bonds is 5. The zero-order valence-corrected chi connectivity index (χ0v) is 17.0. The summed E-state index contributed by atoms with van der Waals surface area (Å²) < 4.78 is 6.92. The van der Waals surface area contributed by atoms with Crippen molar-refractivity contribution in [3.8, 4) is 0 Å². The Morgan fingerprint density at radius 2 is 2.17 bits per heavy atom. The average molecular weight is 394 g/mol. The number of pyridine rings is 1. The highest BCUT2D eigenvalue weighted by atomic mass is 16.5. The van der Waals surface area contributed by atoms with Crippen LogP contribution < -0.4 is 5.32 Å². The molecule has 3 aromatic rings. The Hall–Kier alpha value is -2.93. The first-order valence-corrected chi connectivity index (χ1v) is 9.98. The zero-order valence-electron chi connectivity index (χ0n) is 17.0. The fraction of sp³-hybridized carbons (Fsp3) is 0.409. The number of aliphatic hydroxyl groups is 1. The highest BCUT2D eigenvalue weighted by Crippen LogP contribution is 2.37. The molecule has 1 unspecified atom stereocenters. The predicted molar refractivity (Wildman–Crippen MR) is 111 cm³/mol. The molecule has 2 aromatic heterocycles. The third-order valence-corrected chi connectivity index (χ3v) is 5.64. The molecule has 152 valence electrons. The first-order valence-electron chi connectivity index (χ1n) is 9.98. The van der Waals surface area contributed by atoms with Crippen LogP contribution in [-0.2, 0) is 23.8 Å². The summed E-state index contributed by atoms with van der Waals surface area (Å²) in [5.74, 6) is -0.441. The van der Waals surface area contributed by atoms with Crippen molar-refractivity contribution in [2.45, 2.75) is 38.7 Å². The van der Waals surface area contributed by atoms with E-state index >= 15 is 0 Å². The molecule has 0 saturated carbocycles. The van der Waals surface area contributed by atoms with Gasteiger partial charge in [0, 0.05) is 19.8 Å². The molecular formula is C22H26N4O3. The van der Waals surface area contributed by atoms with E-state index in [0.717, 1.165) is 29.5 Å².